The molecular weight excluding hydrogens is 410 g/mol. The van der Waals surface area contributed by atoms with Crippen molar-refractivity contribution in [1.29, 1.82) is 0 Å². The number of sulfonamides is 1. The molecule has 0 bridgehead atoms. The van der Waals surface area contributed by atoms with E-state index in [1.54, 1.807) is 18.3 Å². The summed E-state index contributed by atoms with van der Waals surface area (Å²) in [6.45, 7) is 5.01. The van der Waals surface area contributed by atoms with Crippen molar-refractivity contribution >= 4 is 20.9 Å². The molecular formula is C24H31N3O3S. The number of aromatic nitrogens is 2. The van der Waals surface area contributed by atoms with E-state index in [-0.39, 0.29) is 4.90 Å². The zero-order chi connectivity index (χ0) is 21.7. The van der Waals surface area contributed by atoms with Crippen LogP contribution in [0, 0.1) is 5.92 Å². The molecule has 0 amide bonds. The molecule has 2 aromatic carbocycles. The van der Waals surface area contributed by atoms with E-state index >= 15 is 0 Å². The van der Waals surface area contributed by atoms with Gasteiger partial charge in [0.1, 0.15) is 0 Å². The minimum absolute atomic E-state index is 0.290. The third-order valence-electron chi connectivity index (χ3n) is 6.06. The van der Waals surface area contributed by atoms with E-state index in [0.717, 1.165) is 62.8 Å². The van der Waals surface area contributed by atoms with Gasteiger partial charge in [-0.25, -0.2) is 13.1 Å². The minimum Gasteiger partial charge on any atom is -0.381 e. The van der Waals surface area contributed by atoms with Crippen LogP contribution in [0.25, 0.3) is 10.9 Å². The standard InChI is InChI=1S/C24H31N3O3S/c1-2-19-5-7-20(8-6-19)4-3-13-26-31(28,29)23-9-10-24-22(16-23)17-25-27(24)18-21-11-14-30-15-12-21/h5-10,16-17,21,26H,2-4,11-15,18H2,1H3. The Hall–Kier alpha value is -2.22. The van der Waals surface area contributed by atoms with Crippen LogP contribution in [0.15, 0.2) is 53.6 Å². The summed E-state index contributed by atoms with van der Waals surface area (Å²) in [6.07, 6.45) is 6.48. The first-order valence-electron chi connectivity index (χ1n) is 11.2. The van der Waals surface area contributed by atoms with Crippen LogP contribution in [0.2, 0.25) is 0 Å². The molecule has 1 N–H and O–H groups in total. The maximum Gasteiger partial charge on any atom is 0.240 e. The quantitative estimate of drug-likeness (QED) is 0.511. The zero-order valence-electron chi connectivity index (χ0n) is 18.1. The summed E-state index contributed by atoms with van der Waals surface area (Å²) in [5, 5.41) is 5.35. The SMILES string of the molecule is CCc1ccc(CCCNS(=O)(=O)c2ccc3c(cnn3CC3CCOCC3)c2)cc1. The van der Waals surface area contributed by atoms with Gasteiger partial charge >= 0.3 is 0 Å². The number of hydrogen-bond acceptors (Lipinski definition) is 4. The highest BCUT2D eigenvalue weighted by Crippen LogP contribution is 2.22. The molecule has 0 radical (unpaired) electrons. The summed E-state index contributed by atoms with van der Waals surface area (Å²) in [4.78, 5) is 0.290. The van der Waals surface area contributed by atoms with Crippen LogP contribution in [0.4, 0.5) is 0 Å². The number of rotatable bonds is 9. The lowest BCUT2D eigenvalue weighted by atomic mass is 10.0. The second kappa shape index (κ2) is 9.94. The number of ether oxygens (including phenoxy) is 1. The smallest absolute Gasteiger partial charge is 0.240 e. The first-order chi connectivity index (χ1) is 15.0. The Morgan fingerprint density at radius 2 is 1.84 bits per heavy atom. The lowest BCUT2D eigenvalue weighted by Crippen LogP contribution is -2.25. The molecule has 0 aliphatic carbocycles. The summed E-state index contributed by atoms with van der Waals surface area (Å²) in [7, 11) is -3.54. The summed E-state index contributed by atoms with van der Waals surface area (Å²) < 4.78 is 35.6. The van der Waals surface area contributed by atoms with Crippen molar-refractivity contribution in [2.75, 3.05) is 19.8 Å². The molecule has 4 rings (SSSR count). The lowest BCUT2D eigenvalue weighted by molar-refractivity contribution is 0.0605. The summed E-state index contributed by atoms with van der Waals surface area (Å²) >= 11 is 0. The highest BCUT2D eigenvalue weighted by Gasteiger charge is 2.18. The predicted molar refractivity (Wildman–Crippen MR) is 123 cm³/mol. The van der Waals surface area contributed by atoms with Crippen molar-refractivity contribution < 1.29 is 13.2 Å². The van der Waals surface area contributed by atoms with Gasteiger partial charge in [-0.05, 0) is 67.3 Å². The molecule has 3 aromatic rings. The fourth-order valence-electron chi connectivity index (χ4n) is 4.08. The largest absolute Gasteiger partial charge is 0.381 e. The van der Waals surface area contributed by atoms with Gasteiger partial charge < -0.3 is 4.74 Å². The topological polar surface area (TPSA) is 73.2 Å². The maximum atomic E-state index is 12.7. The van der Waals surface area contributed by atoms with Gasteiger partial charge in [0.25, 0.3) is 0 Å². The summed E-state index contributed by atoms with van der Waals surface area (Å²) in [5.41, 5.74) is 3.52. The normalized spacial score (nSPS) is 15.5. The van der Waals surface area contributed by atoms with Gasteiger partial charge in [-0.3, -0.25) is 4.68 Å². The van der Waals surface area contributed by atoms with E-state index in [0.29, 0.717) is 12.5 Å². The lowest BCUT2D eigenvalue weighted by Gasteiger charge is -2.22. The van der Waals surface area contributed by atoms with Crippen LogP contribution in [0.1, 0.15) is 37.3 Å². The molecule has 0 unspecified atom stereocenters. The molecule has 1 aliphatic heterocycles. The zero-order valence-corrected chi connectivity index (χ0v) is 18.9. The van der Waals surface area contributed by atoms with Gasteiger partial charge in [0.2, 0.25) is 10.0 Å². The molecule has 0 saturated carbocycles. The van der Waals surface area contributed by atoms with E-state index in [4.69, 9.17) is 4.74 Å². The number of nitrogens with zero attached hydrogens (tertiary/aromatic N) is 2. The molecule has 7 heteroatoms. The van der Waals surface area contributed by atoms with Gasteiger partial charge in [0, 0.05) is 31.7 Å². The van der Waals surface area contributed by atoms with Gasteiger partial charge in [-0.1, -0.05) is 31.2 Å². The third kappa shape index (κ3) is 5.53. The average molecular weight is 442 g/mol. The summed E-state index contributed by atoms with van der Waals surface area (Å²) in [5.74, 6) is 0.556. The van der Waals surface area contributed by atoms with Gasteiger partial charge in [0.05, 0.1) is 16.6 Å². The van der Waals surface area contributed by atoms with Crippen LogP contribution >= 0.6 is 0 Å². The van der Waals surface area contributed by atoms with Crippen molar-refractivity contribution in [3.8, 4) is 0 Å². The van der Waals surface area contributed by atoms with Crippen molar-refractivity contribution in [3.05, 3.63) is 59.8 Å². The molecule has 1 aliphatic rings. The highest BCUT2D eigenvalue weighted by molar-refractivity contribution is 7.89. The number of nitrogens with one attached hydrogen (secondary N) is 1. The van der Waals surface area contributed by atoms with E-state index in [1.807, 2.05) is 10.7 Å². The Morgan fingerprint density at radius 3 is 2.58 bits per heavy atom. The Bertz CT molecular complexity index is 1100. The molecule has 6 nitrogen and oxygen atoms in total. The van der Waals surface area contributed by atoms with E-state index in [2.05, 4.69) is 41.0 Å². The van der Waals surface area contributed by atoms with Gasteiger partial charge in [0.15, 0.2) is 0 Å². The molecule has 0 spiro atoms. The third-order valence-corrected chi connectivity index (χ3v) is 7.52. The Kier molecular flexibility index (Phi) is 7.05. The molecule has 2 heterocycles. The Labute approximate surface area is 184 Å². The minimum atomic E-state index is -3.54. The monoisotopic (exact) mass is 441 g/mol. The molecule has 1 fully saturated rings. The van der Waals surface area contributed by atoms with Crippen LogP contribution in [0.5, 0.6) is 0 Å². The number of fused-ring (bicyclic) bond motifs is 1. The number of hydrogen-bond donors (Lipinski definition) is 1. The average Bonchev–Trinajstić information content (AvgIpc) is 3.20. The molecule has 0 atom stereocenters. The van der Waals surface area contributed by atoms with Gasteiger partial charge in [-0.2, -0.15) is 5.10 Å². The number of aryl methyl sites for hydroxylation is 2. The molecule has 1 saturated heterocycles. The first-order valence-corrected chi connectivity index (χ1v) is 12.6. The molecule has 31 heavy (non-hydrogen) atoms. The van der Waals surface area contributed by atoms with Crippen LogP contribution in [-0.4, -0.2) is 38.0 Å². The van der Waals surface area contributed by atoms with E-state index < -0.39 is 10.0 Å². The van der Waals surface area contributed by atoms with Crippen LogP contribution < -0.4 is 4.72 Å². The van der Waals surface area contributed by atoms with Gasteiger partial charge in [-0.15, -0.1) is 0 Å². The number of benzene rings is 2. The summed E-state index contributed by atoms with van der Waals surface area (Å²) in [6, 6.07) is 13.8. The van der Waals surface area contributed by atoms with E-state index in [1.165, 1.54) is 11.1 Å². The second-order valence-electron chi connectivity index (χ2n) is 8.27. The fraction of sp³-hybridized carbons (Fsp3) is 0.458. The van der Waals surface area contributed by atoms with Crippen molar-refractivity contribution in [3.63, 3.8) is 0 Å². The van der Waals surface area contributed by atoms with Crippen LogP contribution in [0.3, 0.4) is 0 Å². The Morgan fingerprint density at radius 1 is 1.10 bits per heavy atom. The second-order valence-corrected chi connectivity index (χ2v) is 10.0. The molecule has 1 aromatic heterocycles. The van der Waals surface area contributed by atoms with Crippen molar-refractivity contribution in [2.24, 2.45) is 5.92 Å². The molecule has 166 valence electrons. The maximum absolute atomic E-state index is 12.7. The first kappa shape index (κ1) is 22.0. The van der Waals surface area contributed by atoms with Crippen molar-refractivity contribution in [2.45, 2.75) is 50.5 Å². The fourth-order valence-corrected chi connectivity index (χ4v) is 5.18. The predicted octanol–water partition coefficient (Wildman–Crippen LogP) is 3.94. The van der Waals surface area contributed by atoms with Crippen molar-refractivity contribution in [1.82, 2.24) is 14.5 Å². The van der Waals surface area contributed by atoms with Crippen LogP contribution in [-0.2, 0) is 34.1 Å². The van der Waals surface area contributed by atoms with E-state index in [9.17, 15) is 8.42 Å². The Balaban J connectivity index is 1.35. The highest BCUT2D eigenvalue weighted by atomic mass is 32.2.